The molecule has 0 unspecified atom stereocenters. The molecule has 0 heterocycles. The molecule has 3 nitrogen and oxygen atoms in total. The molecule has 3 heteroatoms. The largest absolute Gasteiger partial charge is 0.389 e. The number of likely N-dealkylation sites (N-methyl/N-ethyl adjacent to an activating group) is 1. The molecule has 0 saturated carbocycles. The molecule has 0 radical (unpaired) electrons. The van der Waals surface area contributed by atoms with Crippen LogP contribution in [-0.4, -0.2) is 29.2 Å². The number of hydrogen-bond donors (Lipinski definition) is 1. The van der Waals surface area contributed by atoms with Gasteiger partial charge in [0.1, 0.15) is 0 Å². The number of hydrogen-bond acceptors (Lipinski definition) is 3. The van der Waals surface area contributed by atoms with E-state index in [1.165, 1.54) is 0 Å². The predicted octanol–water partition coefficient (Wildman–Crippen LogP) is 2.54. The Kier molecular flexibility index (Phi) is 5.33. The molecule has 1 rings (SSSR count). The Morgan fingerprint density at radius 1 is 1.22 bits per heavy atom. The van der Waals surface area contributed by atoms with Gasteiger partial charge in [0.15, 0.2) is 0 Å². The molecule has 0 aliphatic rings. The zero-order valence-corrected chi connectivity index (χ0v) is 11.5. The van der Waals surface area contributed by atoms with Crippen LogP contribution in [0.25, 0.3) is 0 Å². The van der Waals surface area contributed by atoms with Crippen LogP contribution in [0, 0.1) is 11.3 Å². The highest BCUT2D eigenvalue weighted by Gasteiger charge is 2.23. The van der Waals surface area contributed by atoms with E-state index in [1.54, 1.807) is 0 Å². The molecule has 0 atom stereocenters. The van der Waals surface area contributed by atoms with E-state index in [4.69, 9.17) is 5.26 Å². The zero-order valence-electron chi connectivity index (χ0n) is 11.5. The molecule has 0 amide bonds. The van der Waals surface area contributed by atoms with Crippen LogP contribution in [-0.2, 0) is 6.54 Å². The van der Waals surface area contributed by atoms with E-state index >= 15 is 0 Å². The van der Waals surface area contributed by atoms with Crippen molar-refractivity contribution in [2.75, 3.05) is 13.6 Å². The highest BCUT2D eigenvalue weighted by atomic mass is 16.3. The normalized spacial score (nSPS) is 11.6. The summed E-state index contributed by atoms with van der Waals surface area (Å²) in [4.78, 5) is 2.12. The van der Waals surface area contributed by atoms with Gasteiger partial charge in [0.05, 0.1) is 17.2 Å². The summed E-state index contributed by atoms with van der Waals surface area (Å²) in [6, 6.07) is 9.70. The van der Waals surface area contributed by atoms with Crippen LogP contribution in [0.3, 0.4) is 0 Å². The molecule has 1 aromatic carbocycles. The van der Waals surface area contributed by atoms with Crippen molar-refractivity contribution >= 4 is 0 Å². The number of aliphatic hydroxyl groups is 1. The fourth-order valence-electron chi connectivity index (χ4n) is 2.03. The van der Waals surface area contributed by atoms with Crippen LogP contribution in [0.4, 0.5) is 0 Å². The van der Waals surface area contributed by atoms with Gasteiger partial charge >= 0.3 is 0 Å². The van der Waals surface area contributed by atoms with E-state index in [2.05, 4.69) is 11.0 Å². The standard InChI is InChI=1S/C15H22N2O/c1-4-15(18,5-2)12-17(3)11-14-8-6-13(10-16)7-9-14/h6-9,18H,4-5,11-12H2,1-3H3. The van der Waals surface area contributed by atoms with Crippen molar-refractivity contribution < 1.29 is 5.11 Å². The first-order chi connectivity index (χ1) is 8.53. The SMILES string of the molecule is CCC(O)(CC)CN(C)Cc1ccc(C#N)cc1. The molecule has 0 aromatic heterocycles. The quantitative estimate of drug-likeness (QED) is 0.839. The molecule has 98 valence electrons. The molecule has 0 spiro atoms. The maximum atomic E-state index is 10.3. The van der Waals surface area contributed by atoms with Crippen LogP contribution in [0.5, 0.6) is 0 Å². The summed E-state index contributed by atoms with van der Waals surface area (Å²) in [6.07, 6.45) is 1.53. The first-order valence-electron chi connectivity index (χ1n) is 6.43. The summed E-state index contributed by atoms with van der Waals surface area (Å²) < 4.78 is 0. The Labute approximate surface area is 110 Å². The fourth-order valence-corrected chi connectivity index (χ4v) is 2.03. The van der Waals surface area contributed by atoms with Crippen molar-refractivity contribution in [3.63, 3.8) is 0 Å². The summed E-state index contributed by atoms with van der Waals surface area (Å²) in [7, 11) is 2.01. The third-order valence-electron chi connectivity index (χ3n) is 3.42. The Balaban J connectivity index is 2.59. The van der Waals surface area contributed by atoms with Crippen LogP contribution in [0.2, 0.25) is 0 Å². The lowest BCUT2D eigenvalue weighted by molar-refractivity contribution is 0.00131. The van der Waals surface area contributed by atoms with Crippen LogP contribution in [0.15, 0.2) is 24.3 Å². The maximum absolute atomic E-state index is 10.3. The first kappa shape index (κ1) is 14.7. The molecule has 1 aromatic rings. The van der Waals surface area contributed by atoms with E-state index in [0.717, 1.165) is 24.9 Å². The summed E-state index contributed by atoms with van der Waals surface area (Å²) in [6.45, 7) is 5.48. The summed E-state index contributed by atoms with van der Waals surface area (Å²) in [5, 5.41) is 19.0. The second-order valence-corrected chi connectivity index (χ2v) is 4.91. The van der Waals surface area contributed by atoms with Crippen molar-refractivity contribution in [1.29, 1.82) is 5.26 Å². The Morgan fingerprint density at radius 3 is 2.22 bits per heavy atom. The summed E-state index contributed by atoms with van der Waals surface area (Å²) in [5.74, 6) is 0. The molecular weight excluding hydrogens is 224 g/mol. The average Bonchev–Trinajstić information content (AvgIpc) is 2.39. The van der Waals surface area contributed by atoms with Crippen LogP contribution < -0.4 is 0 Å². The van der Waals surface area contributed by atoms with Crippen molar-refractivity contribution in [3.05, 3.63) is 35.4 Å². The Hall–Kier alpha value is -1.37. The number of benzene rings is 1. The molecule has 0 fully saturated rings. The minimum Gasteiger partial charge on any atom is -0.389 e. The highest BCUT2D eigenvalue weighted by molar-refractivity contribution is 5.31. The molecular formula is C15H22N2O. The Bertz CT molecular complexity index is 401. The van der Waals surface area contributed by atoms with E-state index in [0.29, 0.717) is 12.1 Å². The van der Waals surface area contributed by atoms with Crippen molar-refractivity contribution in [3.8, 4) is 6.07 Å². The van der Waals surface area contributed by atoms with Gasteiger partial charge in [0, 0.05) is 13.1 Å². The second kappa shape index (κ2) is 6.53. The fraction of sp³-hybridized carbons (Fsp3) is 0.533. The van der Waals surface area contributed by atoms with Crippen LogP contribution >= 0.6 is 0 Å². The molecule has 0 aliphatic heterocycles. The zero-order chi connectivity index (χ0) is 13.6. The third kappa shape index (κ3) is 4.14. The molecule has 0 aliphatic carbocycles. The molecule has 18 heavy (non-hydrogen) atoms. The summed E-state index contributed by atoms with van der Waals surface area (Å²) >= 11 is 0. The molecule has 0 bridgehead atoms. The van der Waals surface area contributed by atoms with Gasteiger partial charge in [-0.2, -0.15) is 5.26 Å². The van der Waals surface area contributed by atoms with Gasteiger partial charge in [-0.15, -0.1) is 0 Å². The average molecular weight is 246 g/mol. The van der Waals surface area contributed by atoms with E-state index in [-0.39, 0.29) is 0 Å². The maximum Gasteiger partial charge on any atom is 0.0991 e. The van der Waals surface area contributed by atoms with Gasteiger partial charge in [0.2, 0.25) is 0 Å². The number of nitriles is 1. The predicted molar refractivity (Wildman–Crippen MR) is 73.0 cm³/mol. The van der Waals surface area contributed by atoms with E-state index < -0.39 is 5.60 Å². The number of nitrogens with zero attached hydrogens (tertiary/aromatic N) is 2. The van der Waals surface area contributed by atoms with Gasteiger partial charge in [-0.05, 0) is 37.6 Å². The van der Waals surface area contributed by atoms with Crippen molar-refractivity contribution in [1.82, 2.24) is 4.90 Å². The van der Waals surface area contributed by atoms with Gasteiger partial charge < -0.3 is 5.11 Å². The smallest absolute Gasteiger partial charge is 0.0991 e. The van der Waals surface area contributed by atoms with Crippen molar-refractivity contribution in [2.45, 2.75) is 38.8 Å². The van der Waals surface area contributed by atoms with Crippen molar-refractivity contribution in [2.24, 2.45) is 0 Å². The lowest BCUT2D eigenvalue weighted by atomic mass is 9.97. The topological polar surface area (TPSA) is 47.3 Å². The minimum absolute atomic E-state index is 0.596. The molecule has 1 N–H and O–H groups in total. The third-order valence-corrected chi connectivity index (χ3v) is 3.42. The Morgan fingerprint density at radius 2 is 1.78 bits per heavy atom. The van der Waals surface area contributed by atoms with Gasteiger partial charge in [-0.25, -0.2) is 0 Å². The second-order valence-electron chi connectivity index (χ2n) is 4.91. The highest BCUT2D eigenvalue weighted by Crippen LogP contribution is 2.17. The summed E-state index contributed by atoms with van der Waals surface area (Å²) in [5.41, 5.74) is 1.24. The van der Waals surface area contributed by atoms with Gasteiger partial charge in [-0.1, -0.05) is 26.0 Å². The first-order valence-corrected chi connectivity index (χ1v) is 6.43. The van der Waals surface area contributed by atoms with Gasteiger partial charge in [0.25, 0.3) is 0 Å². The van der Waals surface area contributed by atoms with Gasteiger partial charge in [-0.3, -0.25) is 4.90 Å². The van der Waals surface area contributed by atoms with Crippen LogP contribution in [0.1, 0.15) is 37.8 Å². The minimum atomic E-state index is -0.596. The van der Waals surface area contributed by atoms with E-state index in [1.807, 2.05) is 45.2 Å². The van der Waals surface area contributed by atoms with E-state index in [9.17, 15) is 5.11 Å². The lowest BCUT2D eigenvalue weighted by Crippen LogP contribution is -2.40. The lowest BCUT2D eigenvalue weighted by Gasteiger charge is -2.30. The molecule has 0 saturated heterocycles. The number of rotatable bonds is 6. The monoisotopic (exact) mass is 246 g/mol.